The van der Waals surface area contributed by atoms with Gasteiger partial charge in [0, 0.05) is 11.4 Å². The Kier molecular flexibility index (Phi) is 2.69. The molecule has 2 heterocycles. The molecule has 2 fully saturated rings. The highest BCUT2D eigenvalue weighted by Gasteiger charge is 2.51. The zero-order chi connectivity index (χ0) is 13.7. The van der Waals surface area contributed by atoms with Gasteiger partial charge in [-0.3, -0.25) is 4.90 Å². The molecule has 0 radical (unpaired) electrons. The summed E-state index contributed by atoms with van der Waals surface area (Å²) in [5.41, 5.74) is 1.81. The number of nitrogens with zero attached hydrogens (tertiary/aromatic N) is 1. The van der Waals surface area contributed by atoms with Crippen molar-refractivity contribution in [3.05, 3.63) is 35.6 Å². The number of furan rings is 1. The Morgan fingerprint density at radius 3 is 2.90 bits per heavy atom. The van der Waals surface area contributed by atoms with Crippen LogP contribution < -0.4 is 0 Å². The summed E-state index contributed by atoms with van der Waals surface area (Å²) in [6, 6.07) is 8.55. The van der Waals surface area contributed by atoms with E-state index < -0.39 is 5.60 Å². The number of hydrogen-bond acceptors (Lipinski definition) is 3. The van der Waals surface area contributed by atoms with Crippen molar-refractivity contribution < 1.29 is 9.52 Å². The van der Waals surface area contributed by atoms with Crippen molar-refractivity contribution >= 4 is 11.0 Å². The molecule has 1 saturated heterocycles. The molecule has 1 unspecified atom stereocenters. The van der Waals surface area contributed by atoms with Gasteiger partial charge >= 0.3 is 0 Å². The lowest BCUT2D eigenvalue weighted by molar-refractivity contribution is 0.0454. The first-order chi connectivity index (χ1) is 9.67. The lowest BCUT2D eigenvalue weighted by atomic mass is 10.1. The zero-order valence-corrected chi connectivity index (χ0v) is 11.9. The maximum absolute atomic E-state index is 10.4. The van der Waals surface area contributed by atoms with Crippen molar-refractivity contribution in [2.24, 2.45) is 0 Å². The maximum Gasteiger partial charge on any atom is 0.134 e. The minimum Gasteiger partial charge on any atom is -0.459 e. The van der Waals surface area contributed by atoms with Gasteiger partial charge < -0.3 is 9.52 Å². The fourth-order valence-electron chi connectivity index (χ4n) is 3.65. The molecule has 1 aliphatic carbocycles. The predicted octanol–water partition coefficient (Wildman–Crippen LogP) is 3.23. The fraction of sp³-hybridized carbons (Fsp3) is 0.529. The Hall–Kier alpha value is -1.32. The van der Waals surface area contributed by atoms with Crippen LogP contribution in [0.1, 0.15) is 37.0 Å². The minimum absolute atomic E-state index is 0.329. The Balaban J connectivity index is 1.62. The zero-order valence-electron chi connectivity index (χ0n) is 11.9. The average Bonchev–Trinajstić information content (AvgIpc) is 2.90. The summed E-state index contributed by atoms with van der Waals surface area (Å²) in [6.07, 6.45) is 4.24. The smallest absolute Gasteiger partial charge is 0.134 e. The Bertz CT molecular complexity index is 641. The van der Waals surface area contributed by atoms with Crippen molar-refractivity contribution in [1.82, 2.24) is 4.90 Å². The molecule has 4 rings (SSSR count). The standard InChI is InChI=1S/C17H21NO2/c1-12-13-5-2-3-6-14(13)20-15(12)11-18-10-4-7-16(18)17(19)8-9-17/h2-3,5-6,16,19H,4,7-11H2,1H3. The third kappa shape index (κ3) is 1.88. The summed E-state index contributed by atoms with van der Waals surface area (Å²) in [4.78, 5) is 2.41. The van der Waals surface area contributed by atoms with E-state index in [-0.39, 0.29) is 0 Å². The van der Waals surface area contributed by atoms with Crippen LogP contribution in [0.2, 0.25) is 0 Å². The van der Waals surface area contributed by atoms with Gasteiger partial charge in [-0.15, -0.1) is 0 Å². The molecule has 2 aromatic rings. The van der Waals surface area contributed by atoms with Crippen LogP contribution in [0.5, 0.6) is 0 Å². The van der Waals surface area contributed by atoms with Gasteiger partial charge in [0.15, 0.2) is 0 Å². The van der Waals surface area contributed by atoms with Crippen molar-refractivity contribution in [3.63, 3.8) is 0 Å². The molecular weight excluding hydrogens is 250 g/mol. The van der Waals surface area contributed by atoms with E-state index in [1.165, 1.54) is 17.4 Å². The lowest BCUT2D eigenvalue weighted by Gasteiger charge is -2.28. The number of likely N-dealkylation sites (tertiary alicyclic amines) is 1. The number of hydrogen-bond donors (Lipinski definition) is 1. The summed E-state index contributed by atoms with van der Waals surface area (Å²) in [5.74, 6) is 1.06. The molecule has 1 atom stereocenters. The van der Waals surface area contributed by atoms with Gasteiger partial charge in [-0.1, -0.05) is 18.2 Å². The molecule has 1 aromatic heterocycles. The number of aliphatic hydroxyl groups is 1. The van der Waals surface area contributed by atoms with Crippen molar-refractivity contribution in [3.8, 4) is 0 Å². The molecule has 1 aliphatic heterocycles. The first-order valence-electron chi connectivity index (χ1n) is 7.61. The van der Waals surface area contributed by atoms with E-state index in [0.29, 0.717) is 6.04 Å². The van der Waals surface area contributed by atoms with Crippen LogP contribution in [-0.4, -0.2) is 28.2 Å². The molecular formula is C17H21NO2. The second-order valence-corrected chi connectivity index (χ2v) is 6.38. The van der Waals surface area contributed by atoms with Crippen LogP contribution in [-0.2, 0) is 6.54 Å². The first kappa shape index (κ1) is 12.4. The molecule has 3 heteroatoms. The Morgan fingerprint density at radius 2 is 2.15 bits per heavy atom. The van der Waals surface area contributed by atoms with E-state index in [1.54, 1.807) is 0 Å². The number of para-hydroxylation sites is 1. The second kappa shape index (κ2) is 4.34. The quantitative estimate of drug-likeness (QED) is 0.931. The van der Waals surface area contributed by atoms with Crippen LogP contribution in [0.3, 0.4) is 0 Å². The predicted molar refractivity (Wildman–Crippen MR) is 78.6 cm³/mol. The highest BCUT2D eigenvalue weighted by atomic mass is 16.3. The van der Waals surface area contributed by atoms with Crippen LogP contribution in [0.25, 0.3) is 11.0 Å². The summed E-state index contributed by atoms with van der Waals surface area (Å²) < 4.78 is 6.02. The molecule has 0 spiro atoms. The topological polar surface area (TPSA) is 36.6 Å². The fourth-order valence-corrected chi connectivity index (χ4v) is 3.65. The molecule has 1 N–H and O–H groups in total. The van der Waals surface area contributed by atoms with Gasteiger partial charge in [0.25, 0.3) is 0 Å². The molecule has 0 bridgehead atoms. The van der Waals surface area contributed by atoms with Gasteiger partial charge in [-0.2, -0.15) is 0 Å². The van der Waals surface area contributed by atoms with E-state index >= 15 is 0 Å². The van der Waals surface area contributed by atoms with Crippen LogP contribution >= 0.6 is 0 Å². The normalized spacial score (nSPS) is 25.4. The summed E-state index contributed by atoms with van der Waals surface area (Å²) >= 11 is 0. The summed E-state index contributed by atoms with van der Waals surface area (Å²) in [6.45, 7) is 4.04. The molecule has 1 aromatic carbocycles. The highest BCUT2D eigenvalue weighted by molar-refractivity contribution is 5.81. The van der Waals surface area contributed by atoms with Crippen molar-refractivity contribution in [2.45, 2.75) is 50.8 Å². The minimum atomic E-state index is -0.406. The van der Waals surface area contributed by atoms with Gasteiger partial charge in [-0.25, -0.2) is 0 Å². The SMILES string of the molecule is Cc1c(CN2CCCC2C2(O)CC2)oc2ccccc12. The monoisotopic (exact) mass is 271 g/mol. The largest absolute Gasteiger partial charge is 0.459 e. The highest BCUT2D eigenvalue weighted by Crippen LogP contribution is 2.45. The van der Waals surface area contributed by atoms with Crippen molar-refractivity contribution in [1.29, 1.82) is 0 Å². The maximum atomic E-state index is 10.4. The molecule has 3 nitrogen and oxygen atoms in total. The summed E-state index contributed by atoms with van der Waals surface area (Å²) in [7, 11) is 0. The molecule has 1 saturated carbocycles. The van der Waals surface area contributed by atoms with Crippen LogP contribution in [0.4, 0.5) is 0 Å². The number of benzene rings is 1. The third-order valence-electron chi connectivity index (χ3n) is 5.04. The van der Waals surface area contributed by atoms with Crippen LogP contribution in [0, 0.1) is 6.92 Å². The third-order valence-corrected chi connectivity index (χ3v) is 5.04. The van der Waals surface area contributed by atoms with E-state index in [4.69, 9.17) is 4.42 Å². The number of fused-ring (bicyclic) bond motifs is 1. The molecule has 20 heavy (non-hydrogen) atoms. The van der Waals surface area contributed by atoms with E-state index in [9.17, 15) is 5.11 Å². The molecule has 2 aliphatic rings. The molecule has 106 valence electrons. The summed E-state index contributed by atoms with van der Waals surface area (Å²) in [5, 5.41) is 11.6. The van der Waals surface area contributed by atoms with E-state index in [2.05, 4.69) is 24.0 Å². The first-order valence-corrected chi connectivity index (χ1v) is 7.61. The van der Waals surface area contributed by atoms with Crippen LogP contribution in [0.15, 0.2) is 28.7 Å². The van der Waals surface area contributed by atoms with Gasteiger partial charge in [0.05, 0.1) is 12.1 Å². The Labute approximate surface area is 119 Å². The molecule has 0 amide bonds. The Morgan fingerprint density at radius 1 is 1.35 bits per heavy atom. The van der Waals surface area contributed by atoms with Gasteiger partial charge in [0.2, 0.25) is 0 Å². The van der Waals surface area contributed by atoms with Gasteiger partial charge in [-0.05, 0) is 50.8 Å². The van der Waals surface area contributed by atoms with E-state index in [1.807, 2.05) is 12.1 Å². The van der Waals surface area contributed by atoms with Gasteiger partial charge in [0.1, 0.15) is 11.3 Å². The number of rotatable bonds is 3. The second-order valence-electron chi connectivity index (χ2n) is 6.38. The lowest BCUT2D eigenvalue weighted by Crippen LogP contribution is -2.40. The van der Waals surface area contributed by atoms with E-state index in [0.717, 1.165) is 43.7 Å². The van der Waals surface area contributed by atoms with Crippen molar-refractivity contribution in [2.75, 3.05) is 6.54 Å². The average molecular weight is 271 g/mol. The number of aryl methyl sites for hydroxylation is 1.